The zero-order valence-corrected chi connectivity index (χ0v) is 37.1. The number of pyridine rings is 2. The third-order valence-electron chi connectivity index (χ3n) is 9.82. The van der Waals surface area contributed by atoms with Crippen molar-refractivity contribution in [3.05, 3.63) is 103 Å². The molecule has 8 N–H and O–H groups in total. The molecule has 2 aliphatic rings. The maximum absolute atomic E-state index is 12.7. The summed E-state index contributed by atoms with van der Waals surface area (Å²) in [6, 6.07) is 14.0. The van der Waals surface area contributed by atoms with Crippen LogP contribution in [0.15, 0.2) is 60.9 Å². The fourth-order valence-corrected chi connectivity index (χ4v) is 7.93. The summed E-state index contributed by atoms with van der Waals surface area (Å²) in [5, 5.41) is 11.1. The molecule has 61 heavy (non-hydrogen) atoms. The molecule has 0 bridgehead atoms. The zero-order valence-electron chi connectivity index (χ0n) is 34.1. The average Bonchev–Trinajstić information content (AvgIpc) is 3.15. The molecule has 2 saturated heterocycles. The molecule has 2 aliphatic heterocycles. The van der Waals surface area contributed by atoms with Gasteiger partial charge in [0.25, 0.3) is 0 Å². The molecule has 2 atom stereocenters. The van der Waals surface area contributed by atoms with Gasteiger partial charge in [0.05, 0.1) is 40.1 Å². The van der Waals surface area contributed by atoms with Crippen LogP contribution in [-0.4, -0.2) is 105 Å². The van der Waals surface area contributed by atoms with E-state index in [1.54, 1.807) is 41.1 Å². The second-order valence-corrected chi connectivity index (χ2v) is 15.5. The zero-order chi connectivity index (χ0) is 42.3. The minimum Gasteiger partial charge on any atom is -0.870 e. The largest absolute Gasteiger partial charge is 1.00 e. The number of amides is 2. The molecule has 0 radical (unpaired) electrons. The topological polar surface area (TPSA) is 250 Å². The number of benzene rings is 2. The minimum atomic E-state index is -1.14. The second kappa shape index (κ2) is 23.6. The number of hydrogen-bond donors (Lipinski definition) is 3. The van der Waals surface area contributed by atoms with Crippen molar-refractivity contribution in [1.29, 1.82) is 0 Å². The van der Waals surface area contributed by atoms with E-state index in [0.29, 0.717) is 82.4 Å². The Bertz CT molecular complexity index is 2190. The number of carbonyl (C=O) groups is 4. The summed E-state index contributed by atoms with van der Waals surface area (Å²) < 4.78 is 4.91. The van der Waals surface area contributed by atoms with Crippen LogP contribution in [0.3, 0.4) is 0 Å². The summed E-state index contributed by atoms with van der Waals surface area (Å²) in [5.41, 5.74) is 17.2. The van der Waals surface area contributed by atoms with E-state index in [1.807, 2.05) is 49.1 Å². The van der Waals surface area contributed by atoms with Crippen LogP contribution in [-0.2, 0) is 23.9 Å². The molecule has 6 rings (SSSR count). The standard InChI is InChI=1S/C21H24Cl2N4O3.C19H20Cl2N4O3.Li.2H2O/c1-3-30-20(29)10-19(28)26-6-7-27(21-17(24)9-15(23)11-25-21)18(12-26)16-5-4-14(22)8-13(16)2;1-11-6-12(20)2-3-14(11)16-10-24(17(26)8-18(27)28)4-5-25(16)19-15(22)7-13(21)9-23-19;;;/h4-5,8-9,11,18H,3,6-7,10,12,24H2,1-2H3;2-3,6-7,9,16H,4-5,8,10,22H2,1H3,(H,27,28);;2*1H2/q;;+1;;/p-1. The third kappa shape index (κ3) is 13.5. The third-order valence-corrected chi connectivity index (χ3v) is 10.7. The van der Waals surface area contributed by atoms with Crippen LogP contribution in [0.25, 0.3) is 0 Å². The number of carboxylic acid groups (broad SMARTS) is 1. The molecule has 4 aromatic rings. The van der Waals surface area contributed by atoms with Gasteiger partial charge in [-0.05, 0) is 79.4 Å². The number of esters is 1. The Balaban J connectivity index is 0.000000401. The molecule has 2 amide bonds. The molecule has 0 aliphatic carbocycles. The second-order valence-electron chi connectivity index (χ2n) is 13.8. The van der Waals surface area contributed by atoms with Crippen LogP contribution in [0, 0.1) is 13.8 Å². The van der Waals surface area contributed by atoms with Crippen LogP contribution in [0.2, 0.25) is 20.1 Å². The Morgan fingerprint density at radius 1 is 0.705 bits per heavy atom. The molecular weight excluding hydrogens is 869 g/mol. The Morgan fingerprint density at radius 2 is 1.11 bits per heavy atom. The number of piperazine rings is 2. The number of anilines is 4. The minimum absolute atomic E-state index is 0. The van der Waals surface area contributed by atoms with Gasteiger partial charge in [-0.25, -0.2) is 9.97 Å². The summed E-state index contributed by atoms with van der Waals surface area (Å²) in [5.74, 6) is -1.16. The summed E-state index contributed by atoms with van der Waals surface area (Å²) in [7, 11) is 0. The maximum atomic E-state index is 12.7. The van der Waals surface area contributed by atoms with Gasteiger partial charge < -0.3 is 51.9 Å². The maximum Gasteiger partial charge on any atom is 1.00 e. The number of hydrogen-bond acceptors (Lipinski definition) is 12. The van der Waals surface area contributed by atoms with E-state index >= 15 is 0 Å². The Morgan fingerprint density at radius 3 is 1.48 bits per heavy atom. The predicted molar refractivity (Wildman–Crippen MR) is 232 cm³/mol. The first-order valence-corrected chi connectivity index (χ1v) is 19.9. The predicted octanol–water partition coefficient (Wildman–Crippen LogP) is 2.77. The Hall–Kier alpha value is -4.50. The molecule has 2 aromatic heterocycles. The average molecular weight is 917 g/mol. The number of ether oxygens (including phenoxy) is 1. The van der Waals surface area contributed by atoms with Crippen LogP contribution in [0.1, 0.15) is 54.1 Å². The summed E-state index contributed by atoms with van der Waals surface area (Å²) in [6.45, 7) is 8.33. The van der Waals surface area contributed by atoms with Crippen LogP contribution in [0.4, 0.5) is 23.0 Å². The van der Waals surface area contributed by atoms with Gasteiger partial charge in [0, 0.05) is 61.7 Å². The van der Waals surface area contributed by atoms with Crippen molar-refractivity contribution in [1.82, 2.24) is 19.8 Å². The molecule has 2 fully saturated rings. The molecule has 16 nitrogen and oxygen atoms in total. The Kier molecular flexibility index (Phi) is 20.4. The van der Waals surface area contributed by atoms with Gasteiger partial charge in [0.15, 0.2) is 11.6 Å². The number of nitrogens with zero attached hydrogens (tertiary/aromatic N) is 6. The van der Waals surface area contributed by atoms with E-state index in [0.717, 1.165) is 22.3 Å². The van der Waals surface area contributed by atoms with Crippen LogP contribution in [0.5, 0.6) is 0 Å². The fourth-order valence-electron chi connectivity index (χ4n) is 7.15. The first-order valence-electron chi connectivity index (χ1n) is 18.4. The molecule has 324 valence electrons. The van der Waals surface area contributed by atoms with Crippen molar-refractivity contribution in [2.45, 2.75) is 45.7 Å². The van der Waals surface area contributed by atoms with E-state index in [2.05, 4.69) is 14.9 Å². The molecule has 2 aromatic carbocycles. The van der Waals surface area contributed by atoms with E-state index < -0.39 is 24.3 Å². The number of aliphatic carboxylic acids is 1. The van der Waals surface area contributed by atoms with Crippen molar-refractivity contribution in [3.63, 3.8) is 0 Å². The van der Waals surface area contributed by atoms with E-state index in [-0.39, 0.29) is 60.8 Å². The van der Waals surface area contributed by atoms with Gasteiger partial charge in [-0.2, -0.15) is 0 Å². The summed E-state index contributed by atoms with van der Waals surface area (Å²) >= 11 is 24.2. The van der Waals surface area contributed by atoms with Gasteiger partial charge in [-0.15, -0.1) is 0 Å². The quantitative estimate of drug-likeness (QED) is 0.124. The van der Waals surface area contributed by atoms with Crippen LogP contribution >= 0.6 is 46.4 Å². The number of nitrogen functional groups attached to an aromatic ring is 2. The van der Waals surface area contributed by atoms with E-state index in [4.69, 9.17) is 67.7 Å². The molecule has 0 spiro atoms. The van der Waals surface area contributed by atoms with Gasteiger partial charge >= 0.3 is 30.8 Å². The first kappa shape index (κ1) is 52.6. The fraction of sp³-hybridized carbons (Fsp3) is 0.350. The molecule has 4 heterocycles. The smallest absolute Gasteiger partial charge is 0.870 e. The number of aromatic nitrogens is 2. The van der Waals surface area contributed by atoms with Crippen molar-refractivity contribution >= 4 is 93.2 Å². The van der Waals surface area contributed by atoms with Crippen molar-refractivity contribution < 1.29 is 58.8 Å². The number of carbonyl (C=O) groups excluding carboxylic acids is 3. The molecular formula is C40H47Cl4LiN8O8. The van der Waals surface area contributed by atoms with E-state index in [1.165, 1.54) is 6.20 Å². The van der Waals surface area contributed by atoms with E-state index in [9.17, 15) is 19.2 Å². The van der Waals surface area contributed by atoms with Crippen LogP contribution < -0.4 is 40.1 Å². The number of nitrogens with two attached hydrogens (primary N) is 2. The Labute approximate surface area is 385 Å². The number of halogens is 4. The first-order chi connectivity index (χ1) is 27.6. The van der Waals surface area contributed by atoms with Gasteiger partial charge in [0.2, 0.25) is 11.8 Å². The number of carboxylic acids is 1. The van der Waals surface area contributed by atoms with Crippen molar-refractivity contribution in [2.75, 3.05) is 67.1 Å². The van der Waals surface area contributed by atoms with Crippen molar-refractivity contribution in [2.24, 2.45) is 0 Å². The normalized spacial score (nSPS) is 15.9. The number of aryl methyl sites for hydroxylation is 2. The monoisotopic (exact) mass is 914 g/mol. The molecule has 21 heteroatoms. The van der Waals surface area contributed by atoms with Crippen molar-refractivity contribution in [3.8, 4) is 0 Å². The van der Waals surface area contributed by atoms with Gasteiger partial charge in [-0.3, -0.25) is 19.2 Å². The summed E-state index contributed by atoms with van der Waals surface area (Å²) in [6.07, 6.45) is 2.27. The van der Waals surface area contributed by atoms with Gasteiger partial charge in [-0.1, -0.05) is 58.5 Å². The SMILES string of the molecule is CCOC(=O)CC(=O)N1CCN(c2ncc(Cl)cc2N)C(c2ccc(Cl)cc2C)C1.Cc1cc(Cl)ccc1C1CN(C(=O)CC(=O)O)CCN1c1ncc(Cl)cc1N.O.[Li+].[OH-]. The summed E-state index contributed by atoms with van der Waals surface area (Å²) in [4.78, 5) is 63.9. The number of rotatable bonds is 9. The molecule has 0 saturated carbocycles. The van der Waals surface area contributed by atoms with Gasteiger partial charge in [0.1, 0.15) is 12.8 Å². The molecule has 2 unspecified atom stereocenters.